The number of benzene rings is 2. The van der Waals surface area contributed by atoms with Crippen LogP contribution >= 0.6 is 0 Å². The van der Waals surface area contributed by atoms with Crippen LogP contribution in [0.3, 0.4) is 0 Å². The van der Waals surface area contributed by atoms with E-state index in [-0.39, 0.29) is 11.4 Å². The zero-order valence-electron chi connectivity index (χ0n) is 17.3. The summed E-state index contributed by atoms with van der Waals surface area (Å²) < 4.78 is 21.0. The Labute approximate surface area is 171 Å². The fourth-order valence-electron chi connectivity index (χ4n) is 5.49. The van der Waals surface area contributed by atoms with Crippen molar-refractivity contribution >= 4 is 10.9 Å². The predicted octanol–water partition coefficient (Wildman–Crippen LogP) is 6.18. The second kappa shape index (κ2) is 7.24. The lowest BCUT2D eigenvalue weighted by Gasteiger charge is -2.34. The van der Waals surface area contributed by atoms with E-state index in [1.807, 2.05) is 24.7 Å². The molecule has 0 radical (unpaired) electrons. The highest BCUT2D eigenvalue weighted by molar-refractivity contribution is 5.82. The minimum absolute atomic E-state index is 0.218. The standard InChI is InChI=1S/C23H23FN2O.C2H6/c24-18-4-6-19(7-5-18)26-22-11-15-2-1-3-16-12-23(14-27-23)9-8-20(16)21(15)10-17(22)13-25-26;1-2/h4-7,10-11,13,16,20H,1-3,8-9,12,14H2;1-2H3/t16?,20?,23-;/m1./s1. The van der Waals surface area contributed by atoms with Gasteiger partial charge in [-0.2, -0.15) is 5.10 Å². The average molecular weight is 393 g/mol. The van der Waals surface area contributed by atoms with Crippen molar-refractivity contribution in [2.45, 2.75) is 63.9 Å². The molecule has 1 spiro atoms. The summed E-state index contributed by atoms with van der Waals surface area (Å²) in [5, 5.41) is 5.78. The smallest absolute Gasteiger partial charge is 0.123 e. The van der Waals surface area contributed by atoms with Crippen LogP contribution in [0, 0.1) is 11.7 Å². The van der Waals surface area contributed by atoms with Gasteiger partial charge in [0.1, 0.15) is 5.82 Å². The van der Waals surface area contributed by atoms with Gasteiger partial charge in [0, 0.05) is 5.39 Å². The molecular formula is C25H29FN2O. The molecule has 1 saturated carbocycles. The Morgan fingerprint density at radius 1 is 1.14 bits per heavy atom. The number of halogens is 1. The van der Waals surface area contributed by atoms with Crippen LogP contribution in [-0.2, 0) is 11.2 Å². The van der Waals surface area contributed by atoms with Gasteiger partial charge in [-0.1, -0.05) is 13.8 Å². The number of fused-ring (bicyclic) bond motifs is 4. The number of nitrogens with zero attached hydrogens (tertiary/aromatic N) is 2. The van der Waals surface area contributed by atoms with Gasteiger partial charge in [0.15, 0.2) is 0 Å². The van der Waals surface area contributed by atoms with E-state index in [0.717, 1.165) is 30.1 Å². The zero-order chi connectivity index (χ0) is 20.0. The molecule has 3 aromatic rings. The van der Waals surface area contributed by atoms with E-state index in [0.29, 0.717) is 5.92 Å². The van der Waals surface area contributed by atoms with Crippen LogP contribution in [0.4, 0.5) is 4.39 Å². The van der Waals surface area contributed by atoms with Crippen molar-refractivity contribution in [3.05, 3.63) is 59.5 Å². The third-order valence-corrected chi connectivity index (χ3v) is 6.99. The number of rotatable bonds is 1. The molecule has 0 amide bonds. The second-order valence-corrected chi connectivity index (χ2v) is 8.62. The molecule has 3 nitrogen and oxygen atoms in total. The van der Waals surface area contributed by atoms with E-state index in [4.69, 9.17) is 4.74 Å². The summed E-state index contributed by atoms with van der Waals surface area (Å²) in [6.45, 7) is 4.98. The molecule has 2 aromatic carbocycles. The molecule has 2 aliphatic carbocycles. The molecular weight excluding hydrogens is 363 g/mol. The molecule has 1 saturated heterocycles. The van der Waals surface area contributed by atoms with Crippen LogP contribution in [0.1, 0.15) is 63.0 Å². The maximum absolute atomic E-state index is 13.3. The normalized spacial score (nSPS) is 27.6. The van der Waals surface area contributed by atoms with Crippen molar-refractivity contribution in [3.63, 3.8) is 0 Å². The number of epoxide rings is 1. The molecule has 6 rings (SSSR count). The Morgan fingerprint density at radius 3 is 2.69 bits per heavy atom. The average Bonchev–Trinajstić information content (AvgIpc) is 3.41. The molecule has 2 fully saturated rings. The lowest BCUT2D eigenvalue weighted by atomic mass is 9.70. The van der Waals surface area contributed by atoms with Crippen LogP contribution in [0.2, 0.25) is 0 Å². The quantitative estimate of drug-likeness (QED) is 0.463. The van der Waals surface area contributed by atoms with Crippen molar-refractivity contribution in [3.8, 4) is 5.69 Å². The number of aromatic nitrogens is 2. The summed E-state index contributed by atoms with van der Waals surface area (Å²) in [7, 11) is 0. The Bertz CT molecular complexity index is 1020. The Balaban J connectivity index is 0.000000882. The molecule has 4 heteroatoms. The third-order valence-electron chi connectivity index (χ3n) is 6.99. The summed E-state index contributed by atoms with van der Waals surface area (Å²) in [6, 6.07) is 11.3. The Morgan fingerprint density at radius 2 is 1.93 bits per heavy atom. The minimum atomic E-state index is -0.218. The largest absolute Gasteiger partial charge is 0.370 e. The second-order valence-electron chi connectivity index (χ2n) is 8.62. The molecule has 2 unspecified atom stereocenters. The van der Waals surface area contributed by atoms with Crippen molar-refractivity contribution in [1.29, 1.82) is 0 Å². The zero-order valence-corrected chi connectivity index (χ0v) is 17.3. The number of hydrogen-bond donors (Lipinski definition) is 0. The van der Waals surface area contributed by atoms with Gasteiger partial charge in [0.05, 0.1) is 29.6 Å². The van der Waals surface area contributed by atoms with E-state index in [1.165, 1.54) is 55.2 Å². The Kier molecular flexibility index (Phi) is 4.70. The molecule has 29 heavy (non-hydrogen) atoms. The molecule has 0 N–H and O–H groups in total. The first kappa shape index (κ1) is 18.8. The summed E-state index contributed by atoms with van der Waals surface area (Å²) in [5.74, 6) is 1.20. The van der Waals surface area contributed by atoms with Crippen molar-refractivity contribution in [2.24, 2.45) is 5.92 Å². The van der Waals surface area contributed by atoms with Crippen molar-refractivity contribution in [1.82, 2.24) is 9.78 Å². The number of hydrogen-bond acceptors (Lipinski definition) is 2. The first-order valence-electron chi connectivity index (χ1n) is 11.1. The van der Waals surface area contributed by atoms with Gasteiger partial charge >= 0.3 is 0 Å². The summed E-state index contributed by atoms with van der Waals surface area (Å²) in [6.07, 6.45) is 9.35. The van der Waals surface area contributed by atoms with Gasteiger partial charge in [-0.15, -0.1) is 0 Å². The number of aryl methyl sites for hydroxylation is 1. The van der Waals surface area contributed by atoms with Crippen LogP contribution in [0.15, 0.2) is 42.6 Å². The molecule has 0 bridgehead atoms. The van der Waals surface area contributed by atoms with E-state index >= 15 is 0 Å². The fraction of sp³-hybridized carbons (Fsp3) is 0.480. The van der Waals surface area contributed by atoms with E-state index in [1.54, 1.807) is 17.7 Å². The molecule has 2 heterocycles. The van der Waals surface area contributed by atoms with E-state index in [9.17, 15) is 4.39 Å². The highest BCUT2D eigenvalue weighted by atomic mass is 19.1. The van der Waals surface area contributed by atoms with Crippen molar-refractivity contribution in [2.75, 3.05) is 6.61 Å². The topological polar surface area (TPSA) is 30.4 Å². The monoisotopic (exact) mass is 392 g/mol. The minimum Gasteiger partial charge on any atom is -0.370 e. The lowest BCUT2D eigenvalue weighted by Crippen LogP contribution is -2.28. The number of ether oxygens (including phenoxy) is 1. The predicted molar refractivity (Wildman–Crippen MR) is 114 cm³/mol. The maximum atomic E-state index is 13.3. The molecule has 1 aromatic heterocycles. The van der Waals surface area contributed by atoms with Crippen LogP contribution < -0.4 is 0 Å². The van der Waals surface area contributed by atoms with Crippen LogP contribution in [-0.4, -0.2) is 22.0 Å². The third kappa shape index (κ3) is 3.28. The molecule has 152 valence electrons. The van der Waals surface area contributed by atoms with Gasteiger partial charge in [-0.25, -0.2) is 9.07 Å². The first-order chi connectivity index (χ1) is 14.2. The summed E-state index contributed by atoms with van der Waals surface area (Å²) >= 11 is 0. The Hall–Kier alpha value is -2.20. The highest BCUT2D eigenvalue weighted by Crippen LogP contribution is 2.53. The van der Waals surface area contributed by atoms with Gasteiger partial charge in [0.2, 0.25) is 0 Å². The maximum Gasteiger partial charge on any atom is 0.123 e. The van der Waals surface area contributed by atoms with E-state index in [2.05, 4.69) is 17.2 Å². The van der Waals surface area contributed by atoms with Gasteiger partial charge in [0.25, 0.3) is 0 Å². The van der Waals surface area contributed by atoms with Crippen LogP contribution in [0.5, 0.6) is 0 Å². The van der Waals surface area contributed by atoms with E-state index < -0.39 is 0 Å². The van der Waals surface area contributed by atoms with Gasteiger partial charge < -0.3 is 4.74 Å². The first-order valence-corrected chi connectivity index (χ1v) is 11.1. The fourth-order valence-corrected chi connectivity index (χ4v) is 5.49. The molecule has 3 atom stereocenters. The van der Waals surface area contributed by atoms with Gasteiger partial charge in [-0.05, 0) is 97.9 Å². The summed E-state index contributed by atoms with van der Waals surface area (Å²) in [5.41, 5.74) is 5.29. The molecule has 1 aliphatic heterocycles. The van der Waals surface area contributed by atoms with Crippen LogP contribution in [0.25, 0.3) is 16.6 Å². The SMILES string of the molecule is CC.Fc1ccc(-n2ncc3cc4c(cc32)CCCC2C[C@]3(CCC42)CO3)cc1. The van der Waals surface area contributed by atoms with Gasteiger partial charge in [-0.3, -0.25) is 0 Å². The lowest BCUT2D eigenvalue weighted by molar-refractivity contribution is 0.165. The molecule has 3 aliphatic rings. The summed E-state index contributed by atoms with van der Waals surface area (Å²) in [4.78, 5) is 0. The van der Waals surface area contributed by atoms with Crippen molar-refractivity contribution < 1.29 is 9.13 Å². The highest BCUT2D eigenvalue weighted by Gasteiger charge is 2.51.